The van der Waals surface area contributed by atoms with Gasteiger partial charge in [0.1, 0.15) is 11.6 Å². The summed E-state index contributed by atoms with van der Waals surface area (Å²) >= 11 is 3.04. The van der Waals surface area contributed by atoms with Gasteiger partial charge in [-0.3, -0.25) is 0 Å². The maximum Gasteiger partial charge on any atom is 0.143 e. The fourth-order valence-electron chi connectivity index (χ4n) is 1.96. The Hall–Kier alpha value is -0.480. The lowest BCUT2D eigenvalue weighted by Crippen LogP contribution is -2.25. The predicted molar refractivity (Wildman–Crippen MR) is 67.8 cm³/mol. The average Bonchev–Trinajstić information content (AvgIpc) is 2.23. The highest BCUT2D eigenvalue weighted by Crippen LogP contribution is 2.27. The summed E-state index contributed by atoms with van der Waals surface area (Å²) in [5.41, 5.74) is 0.0407. The lowest BCUT2D eigenvalue weighted by atomic mass is 9.85. The molecule has 1 N–H and O–H groups in total. The van der Waals surface area contributed by atoms with Crippen LogP contribution in [0.2, 0.25) is 0 Å². The normalized spacial score (nSPS) is 15.1. The number of halogens is 3. The largest absolute Gasteiger partial charge is 0.393 e. The summed E-state index contributed by atoms with van der Waals surface area (Å²) in [6.07, 6.45) is -0.389. The van der Waals surface area contributed by atoms with Gasteiger partial charge in [0.05, 0.1) is 10.6 Å². The Labute approximate surface area is 109 Å². The Morgan fingerprint density at radius 3 is 2.29 bits per heavy atom. The minimum absolute atomic E-state index is 0.0407. The molecule has 0 radical (unpaired) electrons. The van der Waals surface area contributed by atoms with Crippen molar-refractivity contribution in [3.63, 3.8) is 0 Å². The summed E-state index contributed by atoms with van der Waals surface area (Å²) in [6, 6.07) is 2.59. The molecule has 0 aliphatic heterocycles. The van der Waals surface area contributed by atoms with E-state index in [1.54, 1.807) is 6.92 Å². The number of rotatable bonds is 4. The molecule has 0 bridgehead atoms. The molecule has 0 fully saturated rings. The first-order valence-electron chi connectivity index (χ1n) is 5.65. The molecule has 0 saturated heterocycles. The van der Waals surface area contributed by atoms with E-state index in [4.69, 9.17) is 0 Å². The summed E-state index contributed by atoms with van der Waals surface area (Å²) in [5.74, 6) is -1.13. The van der Waals surface area contributed by atoms with Gasteiger partial charge >= 0.3 is 0 Å². The molecule has 0 heterocycles. The molecular formula is C13H17BrF2O. The zero-order chi connectivity index (χ0) is 13.2. The van der Waals surface area contributed by atoms with E-state index in [1.165, 1.54) is 12.1 Å². The predicted octanol–water partition coefficient (Wildman–Crippen LogP) is 3.92. The highest BCUT2D eigenvalue weighted by Gasteiger charge is 2.23. The van der Waals surface area contributed by atoms with Crippen molar-refractivity contribution in [3.8, 4) is 0 Å². The molecule has 0 spiro atoms. The maximum atomic E-state index is 13.8. The second kappa shape index (κ2) is 5.91. The van der Waals surface area contributed by atoms with Gasteiger partial charge in [-0.05, 0) is 53.2 Å². The van der Waals surface area contributed by atoms with Gasteiger partial charge in [0, 0.05) is 5.56 Å². The summed E-state index contributed by atoms with van der Waals surface area (Å²) < 4.78 is 27.6. The number of aliphatic hydroxyl groups excluding tert-OH is 1. The highest BCUT2D eigenvalue weighted by molar-refractivity contribution is 9.10. The SMILES string of the molecule is CC(C)C(Cc1c(F)ccc(Br)c1F)C(C)O. The zero-order valence-electron chi connectivity index (χ0n) is 10.2. The monoisotopic (exact) mass is 306 g/mol. The van der Waals surface area contributed by atoms with Crippen LogP contribution in [0.5, 0.6) is 0 Å². The van der Waals surface area contributed by atoms with Crippen LogP contribution in [0, 0.1) is 23.5 Å². The standard InChI is InChI=1S/C13H17BrF2O/c1-7(2)9(8(3)17)6-10-12(15)5-4-11(14)13(10)16/h4-5,7-9,17H,6H2,1-3H3. The van der Waals surface area contributed by atoms with Crippen molar-refractivity contribution in [2.45, 2.75) is 33.3 Å². The van der Waals surface area contributed by atoms with Crippen LogP contribution in [-0.4, -0.2) is 11.2 Å². The summed E-state index contributed by atoms with van der Waals surface area (Å²) in [7, 11) is 0. The molecule has 0 aliphatic rings. The Balaban J connectivity index is 3.05. The van der Waals surface area contributed by atoms with E-state index in [-0.39, 0.29) is 28.3 Å². The number of benzene rings is 1. The first-order chi connectivity index (χ1) is 7.84. The molecule has 1 rings (SSSR count). The van der Waals surface area contributed by atoms with Gasteiger partial charge in [-0.15, -0.1) is 0 Å². The van der Waals surface area contributed by atoms with Crippen molar-refractivity contribution in [2.24, 2.45) is 11.8 Å². The van der Waals surface area contributed by atoms with Crippen LogP contribution in [-0.2, 0) is 6.42 Å². The smallest absolute Gasteiger partial charge is 0.143 e. The van der Waals surface area contributed by atoms with Crippen molar-refractivity contribution in [3.05, 3.63) is 33.8 Å². The molecular weight excluding hydrogens is 290 g/mol. The summed E-state index contributed by atoms with van der Waals surface area (Å²) in [6.45, 7) is 5.52. The molecule has 1 aromatic rings. The quantitative estimate of drug-likeness (QED) is 0.836. The Morgan fingerprint density at radius 2 is 1.82 bits per heavy atom. The minimum Gasteiger partial charge on any atom is -0.393 e. The van der Waals surface area contributed by atoms with Crippen LogP contribution in [0.4, 0.5) is 8.78 Å². The van der Waals surface area contributed by atoms with Gasteiger partial charge in [-0.1, -0.05) is 13.8 Å². The van der Waals surface area contributed by atoms with Crippen LogP contribution in [0.3, 0.4) is 0 Å². The van der Waals surface area contributed by atoms with E-state index in [9.17, 15) is 13.9 Å². The minimum atomic E-state index is -0.590. The fourth-order valence-corrected chi connectivity index (χ4v) is 2.33. The Kier molecular flexibility index (Phi) is 5.07. The van der Waals surface area contributed by atoms with Gasteiger partial charge in [0.2, 0.25) is 0 Å². The summed E-state index contributed by atoms with van der Waals surface area (Å²) in [4.78, 5) is 0. The van der Waals surface area contributed by atoms with Crippen LogP contribution in [0.25, 0.3) is 0 Å². The third-order valence-electron chi connectivity index (χ3n) is 3.05. The number of hydrogen-bond donors (Lipinski definition) is 1. The highest BCUT2D eigenvalue weighted by atomic mass is 79.9. The third-order valence-corrected chi connectivity index (χ3v) is 3.67. The van der Waals surface area contributed by atoms with E-state index in [1.807, 2.05) is 13.8 Å². The van der Waals surface area contributed by atoms with Gasteiger partial charge in [-0.2, -0.15) is 0 Å². The number of aliphatic hydroxyl groups is 1. The van der Waals surface area contributed by atoms with Crippen molar-refractivity contribution >= 4 is 15.9 Å². The fraction of sp³-hybridized carbons (Fsp3) is 0.538. The van der Waals surface area contributed by atoms with E-state index in [2.05, 4.69) is 15.9 Å². The Morgan fingerprint density at radius 1 is 1.24 bits per heavy atom. The van der Waals surface area contributed by atoms with E-state index in [0.717, 1.165) is 0 Å². The van der Waals surface area contributed by atoms with Crippen LogP contribution < -0.4 is 0 Å². The number of hydrogen-bond acceptors (Lipinski definition) is 1. The first-order valence-corrected chi connectivity index (χ1v) is 6.44. The molecule has 4 heteroatoms. The molecule has 0 amide bonds. The van der Waals surface area contributed by atoms with Crippen molar-refractivity contribution in [1.82, 2.24) is 0 Å². The summed E-state index contributed by atoms with van der Waals surface area (Å²) in [5, 5.41) is 9.64. The molecule has 0 aliphatic carbocycles. The molecule has 2 atom stereocenters. The third kappa shape index (κ3) is 3.49. The molecule has 96 valence electrons. The van der Waals surface area contributed by atoms with Crippen LogP contribution >= 0.6 is 15.9 Å². The van der Waals surface area contributed by atoms with Gasteiger partial charge < -0.3 is 5.11 Å². The van der Waals surface area contributed by atoms with Gasteiger partial charge in [-0.25, -0.2) is 8.78 Å². The molecule has 0 saturated carbocycles. The Bertz CT molecular complexity index is 383. The molecule has 0 aromatic heterocycles. The molecule has 1 nitrogen and oxygen atoms in total. The molecule has 17 heavy (non-hydrogen) atoms. The lowest BCUT2D eigenvalue weighted by molar-refractivity contribution is 0.0965. The lowest BCUT2D eigenvalue weighted by Gasteiger charge is -2.24. The van der Waals surface area contributed by atoms with Crippen LogP contribution in [0.1, 0.15) is 26.3 Å². The first kappa shape index (κ1) is 14.6. The van der Waals surface area contributed by atoms with Crippen molar-refractivity contribution in [2.75, 3.05) is 0 Å². The maximum absolute atomic E-state index is 13.8. The molecule has 1 aromatic carbocycles. The second-order valence-corrected chi connectivity index (χ2v) is 5.53. The second-order valence-electron chi connectivity index (χ2n) is 4.67. The van der Waals surface area contributed by atoms with E-state index in [0.29, 0.717) is 0 Å². The topological polar surface area (TPSA) is 20.2 Å². The zero-order valence-corrected chi connectivity index (χ0v) is 11.8. The van der Waals surface area contributed by atoms with Gasteiger partial charge in [0.25, 0.3) is 0 Å². The van der Waals surface area contributed by atoms with E-state index >= 15 is 0 Å². The van der Waals surface area contributed by atoms with Crippen molar-refractivity contribution in [1.29, 1.82) is 0 Å². The van der Waals surface area contributed by atoms with Gasteiger partial charge in [0.15, 0.2) is 0 Å². The van der Waals surface area contributed by atoms with Crippen LogP contribution in [0.15, 0.2) is 16.6 Å². The molecule has 2 unspecified atom stereocenters. The van der Waals surface area contributed by atoms with E-state index < -0.39 is 17.7 Å². The van der Waals surface area contributed by atoms with Crippen molar-refractivity contribution < 1.29 is 13.9 Å². The average molecular weight is 307 g/mol.